The second-order valence-corrected chi connectivity index (χ2v) is 3.31. The van der Waals surface area contributed by atoms with Gasteiger partial charge in [-0.15, -0.1) is 0 Å². The van der Waals surface area contributed by atoms with Gasteiger partial charge in [-0.25, -0.2) is 0 Å². The Hall–Kier alpha value is -1.70. The SMILES string of the molecule is COc1ccc(C(C)C#N)cc1C(F)(F)F. The van der Waals surface area contributed by atoms with Gasteiger partial charge in [0.2, 0.25) is 0 Å². The molecule has 0 bridgehead atoms. The van der Waals surface area contributed by atoms with Crippen molar-refractivity contribution in [2.45, 2.75) is 19.0 Å². The third-order valence-corrected chi connectivity index (χ3v) is 2.22. The van der Waals surface area contributed by atoms with Crippen LogP contribution in [0, 0.1) is 11.3 Å². The lowest BCUT2D eigenvalue weighted by atomic mass is 9.99. The summed E-state index contributed by atoms with van der Waals surface area (Å²) in [5.74, 6) is -0.812. The highest BCUT2D eigenvalue weighted by Crippen LogP contribution is 2.37. The van der Waals surface area contributed by atoms with Crippen LogP contribution >= 0.6 is 0 Å². The molecule has 86 valence electrons. The van der Waals surface area contributed by atoms with Crippen molar-refractivity contribution in [2.24, 2.45) is 0 Å². The standard InChI is InChI=1S/C11H10F3NO/c1-7(6-15)8-3-4-10(16-2)9(5-8)11(12,13)14/h3-5,7H,1-2H3. The molecule has 1 unspecified atom stereocenters. The maximum absolute atomic E-state index is 12.6. The molecule has 0 aliphatic rings. The van der Waals surface area contributed by atoms with Crippen LogP contribution in [0.5, 0.6) is 5.75 Å². The number of alkyl halides is 3. The molecule has 0 heterocycles. The quantitative estimate of drug-likeness (QED) is 0.779. The summed E-state index contributed by atoms with van der Waals surface area (Å²) in [5.41, 5.74) is -0.523. The maximum Gasteiger partial charge on any atom is 0.419 e. The van der Waals surface area contributed by atoms with E-state index in [9.17, 15) is 13.2 Å². The van der Waals surface area contributed by atoms with Crippen molar-refractivity contribution in [1.82, 2.24) is 0 Å². The molecule has 0 saturated carbocycles. The second-order valence-electron chi connectivity index (χ2n) is 3.31. The molecule has 1 atom stereocenters. The first-order valence-corrected chi connectivity index (χ1v) is 4.55. The Kier molecular flexibility index (Phi) is 3.43. The fourth-order valence-electron chi connectivity index (χ4n) is 1.29. The highest BCUT2D eigenvalue weighted by molar-refractivity contribution is 5.41. The number of nitriles is 1. The first-order chi connectivity index (χ1) is 7.40. The smallest absolute Gasteiger partial charge is 0.419 e. The highest BCUT2D eigenvalue weighted by atomic mass is 19.4. The summed E-state index contributed by atoms with van der Waals surface area (Å²) < 4.78 is 42.5. The zero-order valence-electron chi connectivity index (χ0n) is 8.80. The van der Waals surface area contributed by atoms with Crippen LogP contribution in [0.2, 0.25) is 0 Å². The van der Waals surface area contributed by atoms with Crippen molar-refractivity contribution in [3.8, 4) is 11.8 Å². The molecular formula is C11H10F3NO. The summed E-state index contributed by atoms with van der Waals surface area (Å²) in [6.45, 7) is 1.54. The van der Waals surface area contributed by atoms with Gasteiger partial charge in [0.05, 0.1) is 24.7 Å². The van der Waals surface area contributed by atoms with Crippen molar-refractivity contribution in [2.75, 3.05) is 7.11 Å². The molecule has 0 aliphatic heterocycles. The molecule has 16 heavy (non-hydrogen) atoms. The Balaban J connectivity index is 3.28. The van der Waals surface area contributed by atoms with E-state index in [1.807, 2.05) is 6.07 Å². The van der Waals surface area contributed by atoms with E-state index in [1.165, 1.54) is 19.2 Å². The molecular weight excluding hydrogens is 219 g/mol. The molecule has 0 aliphatic carbocycles. The molecule has 0 fully saturated rings. The van der Waals surface area contributed by atoms with Crippen LogP contribution in [-0.2, 0) is 6.18 Å². The van der Waals surface area contributed by atoms with Gasteiger partial charge in [-0.05, 0) is 24.6 Å². The molecule has 5 heteroatoms. The predicted molar refractivity (Wildman–Crippen MR) is 52.0 cm³/mol. The van der Waals surface area contributed by atoms with E-state index in [0.717, 1.165) is 6.07 Å². The molecule has 2 nitrogen and oxygen atoms in total. The second kappa shape index (κ2) is 4.44. The highest BCUT2D eigenvalue weighted by Gasteiger charge is 2.34. The van der Waals surface area contributed by atoms with Gasteiger partial charge in [0.25, 0.3) is 0 Å². The lowest BCUT2D eigenvalue weighted by Gasteiger charge is -2.14. The number of methoxy groups -OCH3 is 1. The van der Waals surface area contributed by atoms with E-state index in [0.29, 0.717) is 5.56 Å². The number of benzene rings is 1. The van der Waals surface area contributed by atoms with E-state index in [2.05, 4.69) is 4.74 Å². The number of hydrogen-bond acceptors (Lipinski definition) is 2. The number of rotatable bonds is 2. The van der Waals surface area contributed by atoms with Gasteiger partial charge in [0, 0.05) is 0 Å². The molecule has 1 aromatic carbocycles. The first kappa shape index (κ1) is 12.4. The molecule has 0 saturated heterocycles. The van der Waals surface area contributed by atoms with Gasteiger partial charge in [-0.2, -0.15) is 18.4 Å². The lowest BCUT2D eigenvalue weighted by molar-refractivity contribution is -0.138. The van der Waals surface area contributed by atoms with E-state index < -0.39 is 17.7 Å². The maximum atomic E-state index is 12.6. The molecule has 1 aromatic rings. The number of hydrogen-bond donors (Lipinski definition) is 0. The average Bonchev–Trinajstić information content (AvgIpc) is 2.26. The van der Waals surface area contributed by atoms with Crippen LogP contribution in [0.3, 0.4) is 0 Å². The Morgan fingerprint density at radius 3 is 2.44 bits per heavy atom. The topological polar surface area (TPSA) is 33.0 Å². The zero-order valence-corrected chi connectivity index (χ0v) is 8.80. The van der Waals surface area contributed by atoms with Gasteiger partial charge >= 0.3 is 6.18 Å². The Bertz CT molecular complexity index is 420. The molecule has 0 N–H and O–H groups in total. The van der Waals surface area contributed by atoms with Crippen LogP contribution in [0.25, 0.3) is 0 Å². The van der Waals surface area contributed by atoms with Gasteiger partial charge in [0.15, 0.2) is 0 Å². The summed E-state index contributed by atoms with van der Waals surface area (Å²) in [5, 5.41) is 8.65. The summed E-state index contributed by atoms with van der Waals surface area (Å²) in [6.07, 6.45) is -4.48. The van der Waals surface area contributed by atoms with E-state index in [4.69, 9.17) is 5.26 Å². The van der Waals surface area contributed by atoms with Crippen LogP contribution in [0.4, 0.5) is 13.2 Å². The molecule has 0 spiro atoms. The largest absolute Gasteiger partial charge is 0.496 e. The van der Waals surface area contributed by atoms with Crippen LogP contribution < -0.4 is 4.74 Å². The average molecular weight is 229 g/mol. The Labute approximate surface area is 91.3 Å². The zero-order chi connectivity index (χ0) is 12.3. The van der Waals surface area contributed by atoms with E-state index >= 15 is 0 Å². The van der Waals surface area contributed by atoms with Crippen molar-refractivity contribution < 1.29 is 17.9 Å². The first-order valence-electron chi connectivity index (χ1n) is 4.55. The van der Waals surface area contributed by atoms with Crippen molar-refractivity contribution in [3.05, 3.63) is 29.3 Å². The Morgan fingerprint density at radius 2 is 2.00 bits per heavy atom. The fourth-order valence-corrected chi connectivity index (χ4v) is 1.29. The van der Waals surface area contributed by atoms with Crippen molar-refractivity contribution in [3.63, 3.8) is 0 Å². The minimum Gasteiger partial charge on any atom is -0.496 e. The van der Waals surface area contributed by atoms with Gasteiger partial charge in [-0.1, -0.05) is 6.07 Å². The van der Waals surface area contributed by atoms with Crippen LogP contribution in [0.1, 0.15) is 24.0 Å². The van der Waals surface area contributed by atoms with Crippen LogP contribution in [-0.4, -0.2) is 7.11 Å². The summed E-state index contributed by atoms with van der Waals surface area (Å²) in [6, 6.07) is 5.53. The monoisotopic (exact) mass is 229 g/mol. The Morgan fingerprint density at radius 1 is 1.38 bits per heavy atom. The predicted octanol–water partition coefficient (Wildman–Crippen LogP) is 3.34. The van der Waals surface area contributed by atoms with Crippen LogP contribution in [0.15, 0.2) is 18.2 Å². The minimum atomic E-state index is -4.48. The van der Waals surface area contributed by atoms with Crippen molar-refractivity contribution in [1.29, 1.82) is 5.26 Å². The summed E-state index contributed by atoms with van der Waals surface area (Å²) >= 11 is 0. The van der Waals surface area contributed by atoms with Crippen molar-refractivity contribution >= 4 is 0 Å². The molecule has 1 rings (SSSR count). The van der Waals surface area contributed by atoms with Gasteiger partial charge < -0.3 is 4.74 Å². The number of ether oxygens (including phenoxy) is 1. The van der Waals surface area contributed by atoms with E-state index in [-0.39, 0.29) is 5.75 Å². The molecule has 0 radical (unpaired) electrons. The molecule has 0 amide bonds. The van der Waals surface area contributed by atoms with Gasteiger partial charge in [-0.3, -0.25) is 0 Å². The minimum absolute atomic E-state index is 0.235. The van der Waals surface area contributed by atoms with E-state index in [1.54, 1.807) is 6.92 Å². The summed E-state index contributed by atoms with van der Waals surface area (Å²) in [7, 11) is 1.18. The lowest BCUT2D eigenvalue weighted by Crippen LogP contribution is -2.08. The molecule has 0 aromatic heterocycles. The normalized spacial score (nSPS) is 13.0. The summed E-state index contributed by atoms with van der Waals surface area (Å²) in [4.78, 5) is 0. The number of nitrogens with zero attached hydrogens (tertiary/aromatic N) is 1. The fraction of sp³-hybridized carbons (Fsp3) is 0.364. The third-order valence-electron chi connectivity index (χ3n) is 2.22. The third kappa shape index (κ3) is 2.45. The number of halogens is 3. The van der Waals surface area contributed by atoms with Gasteiger partial charge in [0.1, 0.15) is 5.75 Å².